The predicted molar refractivity (Wildman–Crippen MR) is 95.3 cm³/mol. The SMILES string of the molecule is C=C(C)[C@@H]1C/C=C(\C)CC/C=C(/C(=O)O)CC/C=C(/CO)CC1. The van der Waals surface area contributed by atoms with Gasteiger partial charge in [-0.1, -0.05) is 36.0 Å². The van der Waals surface area contributed by atoms with Crippen molar-refractivity contribution in [3.05, 3.63) is 47.1 Å². The maximum absolute atomic E-state index is 11.3. The number of allylic oxidation sites excluding steroid dienone is 5. The standard InChI is InChI=1S/C20H30O3/c1-15(2)18-12-10-16(3)6-4-8-19(20(22)23)9-5-7-17(14-21)11-13-18/h7-8,10,18,21H,1,4-6,9,11-14H2,2-3H3,(H,22,23)/b16-10+,17-7+,19-8+/t18-/m1/s1. The third kappa shape index (κ3) is 7.47. The summed E-state index contributed by atoms with van der Waals surface area (Å²) in [6.45, 7) is 8.32. The Morgan fingerprint density at radius 1 is 1.22 bits per heavy atom. The molecule has 0 heterocycles. The topological polar surface area (TPSA) is 57.5 Å². The van der Waals surface area contributed by atoms with Gasteiger partial charge in [0.15, 0.2) is 0 Å². The van der Waals surface area contributed by atoms with Crippen molar-refractivity contribution in [2.45, 2.75) is 58.8 Å². The summed E-state index contributed by atoms with van der Waals surface area (Å²) in [4.78, 5) is 11.3. The molecule has 0 bridgehead atoms. The zero-order valence-electron chi connectivity index (χ0n) is 14.5. The molecule has 3 heteroatoms. The maximum atomic E-state index is 11.3. The van der Waals surface area contributed by atoms with Crippen LogP contribution in [0.15, 0.2) is 47.1 Å². The Hall–Kier alpha value is -1.61. The van der Waals surface area contributed by atoms with E-state index in [0.717, 1.165) is 37.7 Å². The molecule has 0 aromatic carbocycles. The molecule has 1 aliphatic rings. The Balaban J connectivity index is 2.93. The summed E-state index contributed by atoms with van der Waals surface area (Å²) in [7, 11) is 0. The number of hydrogen-bond donors (Lipinski definition) is 2. The minimum absolute atomic E-state index is 0.0455. The largest absolute Gasteiger partial charge is 0.478 e. The van der Waals surface area contributed by atoms with Crippen molar-refractivity contribution in [3.63, 3.8) is 0 Å². The molecule has 3 nitrogen and oxygen atoms in total. The first kappa shape index (κ1) is 19.4. The number of aliphatic hydroxyl groups is 1. The third-order valence-electron chi connectivity index (χ3n) is 4.52. The van der Waals surface area contributed by atoms with Gasteiger partial charge in [0.1, 0.15) is 0 Å². The molecule has 128 valence electrons. The number of carboxylic acids is 1. The van der Waals surface area contributed by atoms with Crippen LogP contribution in [0.1, 0.15) is 58.8 Å². The molecule has 23 heavy (non-hydrogen) atoms. The van der Waals surface area contributed by atoms with Gasteiger partial charge in [0.25, 0.3) is 0 Å². The van der Waals surface area contributed by atoms with Crippen LogP contribution in [0.4, 0.5) is 0 Å². The fourth-order valence-electron chi connectivity index (χ4n) is 2.82. The van der Waals surface area contributed by atoms with Crippen molar-refractivity contribution >= 4 is 5.97 Å². The van der Waals surface area contributed by atoms with E-state index in [2.05, 4.69) is 26.5 Å². The van der Waals surface area contributed by atoms with E-state index in [1.165, 1.54) is 11.1 Å². The van der Waals surface area contributed by atoms with Gasteiger partial charge < -0.3 is 10.2 Å². The number of hydrogen-bond acceptors (Lipinski definition) is 2. The van der Waals surface area contributed by atoms with Gasteiger partial charge >= 0.3 is 5.97 Å². The Bertz CT molecular complexity index is 509. The van der Waals surface area contributed by atoms with Crippen LogP contribution < -0.4 is 0 Å². The van der Waals surface area contributed by atoms with Crippen LogP contribution in [-0.4, -0.2) is 22.8 Å². The summed E-state index contributed by atoms with van der Waals surface area (Å²) < 4.78 is 0. The van der Waals surface area contributed by atoms with E-state index < -0.39 is 5.97 Å². The van der Waals surface area contributed by atoms with Crippen LogP contribution >= 0.6 is 0 Å². The maximum Gasteiger partial charge on any atom is 0.331 e. The Kier molecular flexibility index (Phi) is 8.64. The van der Waals surface area contributed by atoms with E-state index in [9.17, 15) is 15.0 Å². The van der Waals surface area contributed by atoms with E-state index in [1.54, 1.807) is 0 Å². The number of carboxylic acid groups (broad SMARTS) is 1. The molecule has 0 fully saturated rings. The lowest BCUT2D eigenvalue weighted by atomic mass is 9.89. The van der Waals surface area contributed by atoms with E-state index >= 15 is 0 Å². The van der Waals surface area contributed by atoms with Gasteiger partial charge in [-0.25, -0.2) is 4.79 Å². The molecule has 2 N–H and O–H groups in total. The minimum Gasteiger partial charge on any atom is -0.478 e. The molecule has 0 aromatic rings. The molecule has 0 saturated carbocycles. The lowest BCUT2D eigenvalue weighted by Crippen LogP contribution is -2.04. The summed E-state index contributed by atoms with van der Waals surface area (Å²) in [5.74, 6) is -0.395. The average molecular weight is 318 g/mol. The zero-order valence-corrected chi connectivity index (χ0v) is 14.5. The summed E-state index contributed by atoms with van der Waals surface area (Å²) in [5.41, 5.74) is 3.96. The molecule has 1 atom stereocenters. The van der Waals surface area contributed by atoms with Crippen molar-refractivity contribution in [3.8, 4) is 0 Å². The highest BCUT2D eigenvalue weighted by Crippen LogP contribution is 2.24. The van der Waals surface area contributed by atoms with Gasteiger partial charge in [0.2, 0.25) is 0 Å². The third-order valence-corrected chi connectivity index (χ3v) is 4.52. The molecule has 0 aliphatic heterocycles. The molecule has 0 spiro atoms. The van der Waals surface area contributed by atoms with Crippen molar-refractivity contribution in [2.75, 3.05) is 6.61 Å². The van der Waals surface area contributed by atoms with Gasteiger partial charge in [-0.15, -0.1) is 0 Å². The summed E-state index contributed by atoms with van der Waals surface area (Å²) in [5, 5.41) is 18.8. The minimum atomic E-state index is -0.833. The van der Waals surface area contributed by atoms with Crippen LogP contribution in [0.3, 0.4) is 0 Å². The smallest absolute Gasteiger partial charge is 0.331 e. The number of aliphatic carboxylic acids is 1. The summed E-state index contributed by atoms with van der Waals surface area (Å²) >= 11 is 0. The average Bonchev–Trinajstić information content (AvgIpc) is 2.50. The van der Waals surface area contributed by atoms with Gasteiger partial charge in [0, 0.05) is 5.57 Å². The highest BCUT2D eigenvalue weighted by Gasteiger charge is 2.11. The zero-order chi connectivity index (χ0) is 17.2. The van der Waals surface area contributed by atoms with Crippen molar-refractivity contribution in [1.82, 2.24) is 0 Å². The lowest BCUT2D eigenvalue weighted by Gasteiger charge is -2.17. The van der Waals surface area contributed by atoms with Crippen LogP contribution in [0, 0.1) is 5.92 Å². The Morgan fingerprint density at radius 2 is 1.91 bits per heavy atom. The summed E-state index contributed by atoms with van der Waals surface area (Å²) in [6.07, 6.45) is 11.7. The molecule has 0 unspecified atom stereocenters. The lowest BCUT2D eigenvalue weighted by molar-refractivity contribution is -0.132. The normalized spacial score (nSPS) is 28.3. The van der Waals surface area contributed by atoms with Gasteiger partial charge in [-0.05, 0) is 70.3 Å². The van der Waals surface area contributed by atoms with Crippen LogP contribution in [0.25, 0.3) is 0 Å². The number of rotatable bonds is 3. The highest BCUT2D eigenvalue weighted by atomic mass is 16.4. The highest BCUT2D eigenvalue weighted by molar-refractivity contribution is 5.86. The summed E-state index contributed by atoms with van der Waals surface area (Å²) in [6, 6.07) is 0. The molecule has 0 aromatic heterocycles. The van der Waals surface area contributed by atoms with E-state index in [1.807, 2.05) is 12.2 Å². The molecule has 0 radical (unpaired) electrons. The second-order valence-corrected chi connectivity index (χ2v) is 6.50. The molecule has 0 saturated heterocycles. The van der Waals surface area contributed by atoms with Crippen molar-refractivity contribution in [1.29, 1.82) is 0 Å². The first-order valence-electron chi connectivity index (χ1n) is 8.46. The second kappa shape index (κ2) is 10.2. The fraction of sp³-hybridized carbons (Fsp3) is 0.550. The van der Waals surface area contributed by atoms with Crippen LogP contribution in [0.2, 0.25) is 0 Å². The number of aliphatic hydroxyl groups excluding tert-OH is 1. The van der Waals surface area contributed by atoms with E-state index in [-0.39, 0.29) is 6.61 Å². The van der Waals surface area contributed by atoms with Crippen molar-refractivity contribution in [2.24, 2.45) is 5.92 Å². The van der Waals surface area contributed by atoms with Crippen LogP contribution in [0.5, 0.6) is 0 Å². The quantitative estimate of drug-likeness (QED) is 0.735. The molecular weight excluding hydrogens is 288 g/mol. The first-order valence-corrected chi connectivity index (χ1v) is 8.46. The van der Waals surface area contributed by atoms with E-state index in [4.69, 9.17) is 0 Å². The fourth-order valence-corrected chi connectivity index (χ4v) is 2.82. The van der Waals surface area contributed by atoms with E-state index in [0.29, 0.717) is 24.3 Å². The molecular formula is C20H30O3. The Morgan fingerprint density at radius 3 is 2.52 bits per heavy atom. The van der Waals surface area contributed by atoms with Gasteiger partial charge in [0.05, 0.1) is 6.61 Å². The van der Waals surface area contributed by atoms with Crippen LogP contribution in [-0.2, 0) is 4.79 Å². The molecule has 0 amide bonds. The van der Waals surface area contributed by atoms with Crippen molar-refractivity contribution < 1.29 is 15.0 Å². The second-order valence-electron chi connectivity index (χ2n) is 6.50. The van der Waals surface area contributed by atoms with Gasteiger partial charge in [-0.3, -0.25) is 0 Å². The molecule has 1 aliphatic carbocycles. The first-order chi connectivity index (χ1) is 10.9. The predicted octanol–water partition coefficient (Wildman–Crippen LogP) is 4.80. The molecule has 1 rings (SSSR count). The monoisotopic (exact) mass is 318 g/mol. The number of carbonyl (C=O) groups is 1. The Labute approximate surface area is 140 Å². The van der Waals surface area contributed by atoms with Gasteiger partial charge in [-0.2, -0.15) is 0 Å².